The highest BCUT2D eigenvalue weighted by Gasteiger charge is 2.40. The van der Waals surface area contributed by atoms with Crippen molar-refractivity contribution in [2.45, 2.75) is 44.8 Å². The average molecular weight is 484 g/mol. The third-order valence-electron chi connectivity index (χ3n) is 6.34. The van der Waals surface area contributed by atoms with Gasteiger partial charge in [0.15, 0.2) is 17.3 Å². The molecule has 2 aromatic carbocycles. The number of hydrogen-bond donors (Lipinski definition) is 4. The number of nitrogens with zero attached hydrogens (tertiary/aromatic N) is 2. The summed E-state index contributed by atoms with van der Waals surface area (Å²) in [5.74, 6) is -2.21. The van der Waals surface area contributed by atoms with Gasteiger partial charge in [-0.2, -0.15) is 5.10 Å². The Labute approximate surface area is 201 Å². The fourth-order valence-corrected chi connectivity index (χ4v) is 4.56. The molecular formula is C25H27F2N5O3. The Bertz CT molecular complexity index is 1290. The molecule has 0 bridgehead atoms. The van der Waals surface area contributed by atoms with Crippen molar-refractivity contribution in [1.29, 1.82) is 0 Å². The molecule has 3 amide bonds. The SMILES string of the molecule is CNC(=O)c1nn(-c2ccccc2)c(NC(=O)NC2c3cc(F)c(F)cc3C(C)(C)CC2O)c1C. The molecule has 0 radical (unpaired) electrons. The van der Waals surface area contributed by atoms with Crippen LogP contribution in [0.3, 0.4) is 0 Å². The van der Waals surface area contributed by atoms with Crippen LogP contribution in [0.1, 0.15) is 53.5 Å². The molecule has 184 valence electrons. The highest BCUT2D eigenvalue weighted by molar-refractivity contribution is 5.97. The Balaban J connectivity index is 1.68. The van der Waals surface area contributed by atoms with E-state index in [0.717, 1.165) is 12.1 Å². The van der Waals surface area contributed by atoms with Gasteiger partial charge >= 0.3 is 6.03 Å². The minimum atomic E-state index is -1.06. The smallest absolute Gasteiger partial charge is 0.320 e. The number of carbonyl (C=O) groups is 2. The van der Waals surface area contributed by atoms with Crippen molar-refractivity contribution in [2.24, 2.45) is 0 Å². The van der Waals surface area contributed by atoms with Gasteiger partial charge < -0.3 is 15.7 Å². The van der Waals surface area contributed by atoms with E-state index in [4.69, 9.17) is 0 Å². The average Bonchev–Trinajstić information content (AvgIpc) is 3.13. The van der Waals surface area contributed by atoms with E-state index >= 15 is 0 Å². The second-order valence-corrected chi connectivity index (χ2v) is 9.23. The highest BCUT2D eigenvalue weighted by atomic mass is 19.2. The van der Waals surface area contributed by atoms with Crippen molar-refractivity contribution in [2.75, 3.05) is 12.4 Å². The maximum Gasteiger partial charge on any atom is 0.320 e. The molecule has 2 atom stereocenters. The van der Waals surface area contributed by atoms with Crippen LogP contribution in [0.2, 0.25) is 0 Å². The normalized spacial score (nSPS) is 18.5. The van der Waals surface area contributed by atoms with Crippen LogP contribution >= 0.6 is 0 Å². The molecule has 1 heterocycles. The molecule has 1 aromatic heterocycles. The van der Waals surface area contributed by atoms with Gasteiger partial charge in [-0.1, -0.05) is 32.0 Å². The lowest BCUT2D eigenvalue weighted by molar-refractivity contribution is 0.0878. The van der Waals surface area contributed by atoms with E-state index in [2.05, 4.69) is 21.0 Å². The number of halogens is 2. The van der Waals surface area contributed by atoms with Crippen LogP contribution in [-0.4, -0.2) is 40.0 Å². The molecule has 1 aliphatic carbocycles. The van der Waals surface area contributed by atoms with Crippen LogP contribution in [0.5, 0.6) is 0 Å². The van der Waals surface area contributed by atoms with E-state index in [1.165, 1.54) is 11.7 Å². The van der Waals surface area contributed by atoms with E-state index in [0.29, 0.717) is 22.4 Å². The van der Waals surface area contributed by atoms with Crippen molar-refractivity contribution in [3.05, 3.63) is 76.5 Å². The molecule has 0 aliphatic heterocycles. The van der Waals surface area contributed by atoms with Gasteiger partial charge in [0.25, 0.3) is 5.91 Å². The van der Waals surface area contributed by atoms with Crippen LogP contribution < -0.4 is 16.0 Å². The lowest BCUT2D eigenvalue weighted by atomic mass is 9.69. The van der Waals surface area contributed by atoms with Crippen LogP contribution in [0.4, 0.5) is 19.4 Å². The van der Waals surface area contributed by atoms with Crippen LogP contribution in [0, 0.1) is 18.6 Å². The number of urea groups is 1. The zero-order valence-corrected chi connectivity index (χ0v) is 19.8. The Morgan fingerprint density at radius 3 is 2.46 bits per heavy atom. The van der Waals surface area contributed by atoms with Crippen molar-refractivity contribution < 1.29 is 23.5 Å². The van der Waals surface area contributed by atoms with Gasteiger partial charge in [-0.05, 0) is 54.2 Å². The Kier molecular flexibility index (Phi) is 6.33. The summed E-state index contributed by atoms with van der Waals surface area (Å²) >= 11 is 0. The molecule has 0 fully saturated rings. The maximum atomic E-state index is 14.1. The van der Waals surface area contributed by atoms with E-state index < -0.39 is 41.1 Å². The number of para-hydroxylation sites is 1. The maximum absolute atomic E-state index is 14.1. The number of aliphatic hydroxyl groups excluding tert-OH is 1. The minimum Gasteiger partial charge on any atom is -0.391 e. The summed E-state index contributed by atoms with van der Waals surface area (Å²) in [5.41, 5.74) is 1.38. The van der Waals surface area contributed by atoms with Gasteiger partial charge in [-0.3, -0.25) is 10.1 Å². The summed E-state index contributed by atoms with van der Waals surface area (Å²) in [6, 6.07) is 9.41. The molecule has 2 unspecified atom stereocenters. The number of carbonyl (C=O) groups excluding carboxylic acids is 2. The summed E-state index contributed by atoms with van der Waals surface area (Å²) in [7, 11) is 1.48. The number of benzene rings is 2. The number of fused-ring (bicyclic) bond motifs is 1. The van der Waals surface area contributed by atoms with Crippen molar-refractivity contribution >= 4 is 17.8 Å². The first-order chi connectivity index (χ1) is 16.5. The van der Waals surface area contributed by atoms with Gasteiger partial charge in [0.1, 0.15) is 5.82 Å². The number of rotatable bonds is 4. The number of aliphatic hydroxyl groups is 1. The Morgan fingerprint density at radius 1 is 1.14 bits per heavy atom. The number of hydrogen-bond acceptors (Lipinski definition) is 4. The molecular weight excluding hydrogens is 456 g/mol. The second-order valence-electron chi connectivity index (χ2n) is 9.23. The topological polar surface area (TPSA) is 108 Å². The first kappa shape index (κ1) is 24.3. The molecule has 0 saturated carbocycles. The molecule has 0 spiro atoms. The zero-order chi connectivity index (χ0) is 25.5. The molecule has 3 aromatic rings. The van der Waals surface area contributed by atoms with Gasteiger partial charge in [-0.25, -0.2) is 18.3 Å². The fraction of sp³-hybridized carbons (Fsp3) is 0.320. The molecule has 1 aliphatic rings. The van der Waals surface area contributed by atoms with E-state index in [1.807, 2.05) is 19.9 Å². The molecule has 35 heavy (non-hydrogen) atoms. The molecule has 0 saturated heterocycles. The molecule has 4 N–H and O–H groups in total. The first-order valence-corrected chi connectivity index (χ1v) is 11.2. The van der Waals surface area contributed by atoms with Crippen molar-refractivity contribution in [1.82, 2.24) is 20.4 Å². The fourth-order valence-electron chi connectivity index (χ4n) is 4.56. The lowest BCUT2D eigenvalue weighted by Gasteiger charge is -2.40. The van der Waals surface area contributed by atoms with E-state index in [9.17, 15) is 23.5 Å². The summed E-state index contributed by atoms with van der Waals surface area (Å²) in [5, 5.41) is 23.1. The van der Waals surface area contributed by atoms with Crippen LogP contribution in [-0.2, 0) is 5.41 Å². The second kappa shape index (κ2) is 9.10. The van der Waals surface area contributed by atoms with Gasteiger partial charge in [-0.15, -0.1) is 0 Å². The number of anilines is 1. The third-order valence-corrected chi connectivity index (χ3v) is 6.34. The van der Waals surface area contributed by atoms with Crippen molar-refractivity contribution in [3.8, 4) is 5.69 Å². The quantitative estimate of drug-likeness (QED) is 0.454. The standard InChI is InChI=1S/C25H27F2N5O3/c1-13-20(23(34)28-4)31-32(14-8-6-5-7-9-14)22(13)30-24(35)29-21-15-10-17(26)18(27)11-16(15)25(2,3)12-19(21)33/h5-11,19,21,33H,12H2,1-4H3,(H,28,34)(H2,29,30,35). The predicted octanol–water partition coefficient (Wildman–Crippen LogP) is 3.72. The van der Waals surface area contributed by atoms with E-state index in [1.54, 1.807) is 31.2 Å². The molecule has 10 heteroatoms. The lowest BCUT2D eigenvalue weighted by Crippen LogP contribution is -2.45. The third kappa shape index (κ3) is 4.49. The van der Waals surface area contributed by atoms with Gasteiger partial charge in [0.2, 0.25) is 0 Å². The molecule has 4 rings (SSSR count). The predicted molar refractivity (Wildman–Crippen MR) is 127 cm³/mol. The van der Waals surface area contributed by atoms with Crippen LogP contribution in [0.25, 0.3) is 5.69 Å². The van der Waals surface area contributed by atoms with E-state index in [-0.39, 0.29) is 17.9 Å². The number of aromatic nitrogens is 2. The highest BCUT2D eigenvalue weighted by Crippen LogP contribution is 2.42. The Morgan fingerprint density at radius 2 is 1.80 bits per heavy atom. The largest absolute Gasteiger partial charge is 0.391 e. The summed E-state index contributed by atoms with van der Waals surface area (Å²) in [6.45, 7) is 5.30. The minimum absolute atomic E-state index is 0.133. The zero-order valence-electron chi connectivity index (χ0n) is 19.8. The first-order valence-electron chi connectivity index (χ1n) is 11.2. The van der Waals surface area contributed by atoms with Gasteiger partial charge in [0, 0.05) is 12.6 Å². The summed E-state index contributed by atoms with van der Waals surface area (Å²) in [6.07, 6.45) is -0.799. The monoisotopic (exact) mass is 483 g/mol. The van der Waals surface area contributed by atoms with Gasteiger partial charge in [0.05, 0.1) is 17.8 Å². The van der Waals surface area contributed by atoms with Crippen LogP contribution in [0.15, 0.2) is 42.5 Å². The van der Waals surface area contributed by atoms with Crippen molar-refractivity contribution in [3.63, 3.8) is 0 Å². The number of amides is 3. The summed E-state index contributed by atoms with van der Waals surface area (Å²) < 4.78 is 29.5. The Hall–Kier alpha value is -3.79. The summed E-state index contributed by atoms with van der Waals surface area (Å²) in [4.78, 5) is 25.4. The molecule has 8 nitrogen and oxygen atoms in total. The number of nitrogens with one attached hydrogen (secondary N) is 3.